The van der Waals surface area contributed by atoms with Crippen LogP contribution in [0.25, 0.3) is 22.3 Å². The lowest BCUT2D eigenvalue weighted by atomic mass is 10.1. The Kier molecular flexibility index (Phi) is 3.61. The maximum absolute atomic E-state index is 6.20. The normalized spacial score (nSPS) is 10.9. The minimum atomic E-state index is 0.520. The summed E-state index contributed by atoms with van der Waals surface area (Å²) in [5.74, 6) is 0. The van der Waals surface area contributed by atoms with Gasteiger partial charge in [0.05, 0.1) is 16.9 Å². The van der Waals surface area contributed by atoms with Crippen molar-refractivity contribution in [3.05, 3.63) is 53.4 Å². The van der Waals surface area contributed by atoms with Gasteiger partial charge in [0.1, 0.15) is 11.5 Å². The Hall–Kier alpha value is -2.00. The van der Waals surface area contributed by atoms with Gasteiger partial charge in [0, 0.05) is 10.9 Å². The van der Waals surface area contributed by atoms with E-state index in [0.29, 0.717) is 5.15 Å². The second-order valence-corrected chi connectivity index (χ2v) is 4.99. The van der Waals surface area contributed by atoms with E-state index in [4.69, 9.17) is 11.6 Å². The van der Waals surface area contributed by atoms with Crippen molar-refractivity contribution in [3.63, 3.8) is 0 Å². The number of benzene rings is 1. The lowest BCUT2D eigenvalue weighted by Gasteiger charge is -2.09. The Balaban J connectivity index is 2.17. The zero-order valence-electron chi connectivity index (χ0n) is 11.2. The molecule has 0 aliphatic heterocycles. The maximum atomic E-state index is 6.20. The number of pyridine rings is 1. The van der Waals surface area contributed by atoms with Crippen molar-refractivity contribution in [1.82, 2.24) is 15.0 Å². The van der Waals surface area contributed by atoms with Gasteiger partial charge in [-0.2, -0.15) is 0 Å². The Morgan fingerprint density at radius 3 is 2.75 bits per heavy atom. The van der Waals surface area contributed by atoms with Gasteiger partial charge in [-0.3, -0.25) is 0 Å². The fourth-order valence-electron chi connectivity index (χ4n) is 2.28. The lowest BCUT2D eigenvalue weighted by molar-refractivity contribution is 0.902. The summed E-state index contributed by atoms with van der Waals surface area (Å²) < 4.78 is 0. The number of hydrogen-bond donors (Lipinski definition) is 0. The summed E-state index contributed by atoms with van der Waals surface area (Å²) in [6, 6.07) is 12.1. The Morgan fingerprint density at radius 1 is 1.05 bits per heavy atom. The third-order valence-corrected chi connectivity index (χ3v) is 3.56. The first kappa shape index (κ1) is 13.0. The van der Waals surface area contributed by atoms with Crippen molar-refractivity contribution in [2.75, 3.05) is 0 Å². The quantitative estimate of drug-likeness (QED) is 0.673. The number of rotatable bonds is 3. The maximum Gasteiger partial charge on any atom is 0.136 e. The van der Waals surface area contributed by atoms with E-state index in [1.54, 1.807) is 0 Å². The van der Waals surface area contributed by atoms with Crippen LogP contribution in [0.15, 0.2) is 42.7 Å². The monoisotopic (exact) mass is 283 g/mol. The first-order chi connectivity index (χ1) is 9.79. The van der Waals surface area contributed by atoms with Crippen molar-refractivity contribution in [3.8, 4) is 11.4 Å². The highest BCUT2D eigenvalue weighted by Crippen LogP contribution is 2.26. The van der Waals surface area contributed by atoms with E-state index in [-0.39, 0.29) is 0 Å². The molecule has 1 aromatic carbocycles. The van der Waals surface area contributed by atoms with Crippen LogP contribution in [-0.2, 0) is 6.42 Å². The molecule has 4 heteroatoms. The molecule has 0 saturated heterocycles. The van der Waals surface area contributed by atoms with E-state index in [1.165, 1.54) is 6.33 Å². The molecular weight excluding hydrogens is 270 g/mol. The first-order valence-electron chi connectivity index (χ1n) is 6.65. The topological polar surface area (TPSA) is 38.7 Å². The molecule has 20 heavy (non-hydrogen) atoms. The van der Waals surface area contributed by atoms with Gasteiger partial charge in [-0.15, -0.1) is 0 Å². The standard InChI is InChI=1S/C16H14ClN3/c1-2-5-12-15(18-10-19-16(12)17)14-9-8-11-6-3-4-7-13(11)20-14/h3-4,6-10H,2,5H2,1H3. The summed E-state index contributed by atoms with van der Waals surface area (Å²) >= 11 is 6.20. The van der Waals surface area contributed by atoms with Crippen molar-refractivity contribution >= 4 is 22.5 Å². The molecule has 2 heterocycles. The van der Waals surface area contributed by atoms with Gasteiger partial charge in [0.25, 0.3) is 0 Å². The van der Waals surface area contributed by atoms with E-state index in [9.17, 15) is 0 Å². The lowest BCUT2D eigenvalue weighted by Crippen LogP contribution is -1.98. The molecule has 0 unspecified atom stereocenters. The number of halogens is 1. The van der Waals surface area contributed by atoms with Crippen LogP contribution < -0.4 is 0 Å². The van der Waals surface area contributed by atoms with E-state index >= 15 is 0 Å². The second-order valence-electron chi connectivity index (χ2n) is 4.63. The zero-order chi connectivity index (χ0) is 13.9. The molecule has 3 nitrogen and oxygen atoms in total. The molecule has 2 aromatic heterocycles. The van der Waals surface area contributed by atoms with Crippen LogP contribution in [0.3, 0.4) is 0 Å². The minimum Gasteiger partial charge on any atom is -0.246 e. The highest BCUT2D eigenvalue weighted by molar-refractivity contribution is 6.30. The SMILES string of the molecule is CCCc1c(Cl)ncnc1-c1ccc2ccccc2n1. The third-order valence-electron chi connectivity index (χ3n) is 3.23. The van der Waals surface area contributed by atoms with E-state index in [2.05, 4.69) is 27.9 Å². The smallest absolute Gasteiger partial charge is 0.136 e. The van der Waals surface area contributed by atoms with Crippen LogP contribution in [0.4, 0.5) is 0 Å². The van der Waals surface area contributed by atoms with Crippen LogP contribution in [0.5, 0.6) is 0 Å². The molecule has 0 aliphatic carbocycles. The summed E-state index contributed by atoms with van der Waals surface area (Å²) in [7, 11) is 0. The van der Waals surface area contributed by atoms with Crippen LogP contribution in [-0.4, -0.2) is 15.0 Å². The first-order valence-corrected chi connectivity index (χ1v) is 7.03. The molecular formula is C16H14ClN3. The summed E-state index contributed by atoms with van der Waals surface area (Å²) in [5.41, 5.74) is 3.61. The predicted molar refractivity (Wildman–Crippen MR) is 81.8 cm³/mol. The molecule has 0 aliphatic rings. The number of nitrogens with zero attached hydrogens (tertiary/aromatic N) is 3. The van der Waals surface area contributed by atoms with Gasteiger partial charge in [-0.05, 0) is 18.6 Å². The number of para-hydroxylation sites is 1. The minimum absolute atomic E-state index is 0.520. The van der Waals surface area contributed by atoms with Crippen molar-refractivity contribution in [1.29, 1.82) is 0 Å². The van der Waals surface area contributed by atoms with Gasteiger partial charge in [0.15, 0.2) is 0 Å². The van der Waals surface area contributed by atoms with Crippen LogP contribution in [0, 0.1) is 0 Å². The fourth-order valence-corrected chi connectivity index (χ4v) is 2.51. The average Bonchev–Trinajstić information content (AvgIpc) is 2.49. The zero-order valence-corrected chi connectivity index (χ0v) is 11.9. The molecule has 0 amide bonds. The predicted octanol–water partition coefficient (Wildman–Crippen LogP) is 4.30. The Morgan fingerprint density at radius 2 is 1.90 bits per heavy atom. The Bertz CT molecular complexity index is 756. The molecule has 0 N–H and O–H groups in total. The molecule has 0 bridgehead atoms. The van der Waals surface area contributed by atoms with Crippen molar-refractivity contribution in [2.24, 2.45) is 0 Å². The van der Waals surface area contributed by atoms with Gasteiger partial charge in [-0.25, -0.2) is 15.0 Å². The van der Waals surface area contributed by atoms with Crippen LogP contribution in [0.1, 0.15) is 18.9 Å². The Labute approximate surface area is 122 Å². The summed E-state index contributed by atoms with van der Waals surface area (Å²) in [6.07, 6.45) is 3.34. The van der Waals surface area contributed by atoms with Crippen molar-refractivity contribution in [2.45, 2.75) is 19.8 Å². The van der Waals surface area contributed by atoms with Gasteiger partial charge >= 0.3 is 0 Å². The molecule has 0 radical (unpaired) electrons. The van der Waals surface area contributed by atoms with Crippen molar-refractivity contribution < 1.29 is 0 Å². The molecule has 100 valence electrons. The largest absolute Gasteiger partial charge is 0.246 e. The third kappa shape index (κ3) is 2.37. The van der Waals surface area contributed by atoms with E-state index in [0.717, 1.165) is 40.7 Å². The number of fused-ring (bicyclic) bond motifs is 1. The number of hydrogen-bond acceptors (Lipinski definition) is 3. The molecule has 0 saturated carbocycles. The summed E-state index contributed by atoms with van der Waals surface area (Å²) in [5, 5.41) is 1.64. The van der Waals surface area contributed by atoms with E-state index in [1.807, 2.05) is 30.3 Å². The van der Waals surface area contributed by atoms with Crippen LogP contribution >= 0.6 is 11.6 Å². The highest BCUT2D eigenvalue weighted by atomic mass is 35.5. The average molecular weight is 284 g/mol. The van der Waals surface area contributed by atoms with Gasteiger partial charge < -0.3 is 0 Å². The molecule has 0 atom stereocenters. The molecule has 0 fully saturated rings. The fraction of sp³-hybridized carbons (Fsp3) is 0.188. The highest BCUT2D eigenvalue weighted by Gasteiger charge is 2.12. The van der Waals surface area contributed by atoms with Crippen LogP contribution in [0.2, 0.25) is 5.15 Å². The van der Waals surface area contributed by atoms with Gasteiger partial charge in [0.2, 0.25) is 0 Å². The summed E-state index contributed by atoms with van der Waals surface area (Å²) in [6.45, 7) is 2.11. The summed E-state index contributed by atoms with van der Waals surface area (Å²) in [4.78, 5) is 13.1. The number of aromatic nitrogens is 3. The van der Waals surface area contributed by atoms with Gasteiger partial charge in [-0.1, -0.05) is 49.2 Å². The molecule has 3 rings (SSSR count). The molecule has 3 aromatic rings. The molecule has 0 spiro atoms. The second kappa shape index (κ2) is 5.55. The van der Waals surface area contributed by atoms with E-state index < -0.39 is 0 Å².